The molecule has 6 heteroatoms. The molecule has 26 heavy (non-hydrogen) atoms. The molecular formula is C20H25ClN2O3. The maximum atomic E-state index is 12.3. The lowest BCUT2D eigenvalue weighted by Gasteiger charge is -2.15. The Balaban J connectivity index is 1.99. The number of ether oxygens (including phenoxy) is 2. The Morgan fingerprint density at radius 1 is 1.00 bits per heavy atom. The van der Waals surface area contributed by atoms with Crippen LogP contribution >= 0.6 is 11.6 Å². The smallest absolute Gasteiger partial charge is 0.226 e. The van der Waals surface area contributed by atoms with Crippen LogP contribution in [0.3, 0.4) is 0 Å². The van der Waals surface area contributed by atoms with Crippen molar-refractivity contribution in [2.45, 2.75) is 27.2 Å². The average Bonchev–Trinajstić information content (AvgIpc) is 2.58. The Morgan fingerprint density at radius 3 is 2.19 bits per heavy atom. The fraction of sp³-hybridized carbons (Fsp3) is 0.350. The highest BCUT2D eigenvalue weighted by Gasteiger charge is 2.11. The topological polar surface area (TPSA) is 59.6 Å². The number of halogens is 1. The summed E-state index contributed by atoms with van der Waals surface area (Å²) in [5.74, 6) is 1.10. The molecule has 0 spiro atoms. The molecule has 2 aromatic carbocycles. The standard InChI is InChI=1S/C20H25ClN2O3/c1-12-8-13(2)20(14(3)9-12)23-19(24)6-7-22-16-11-17(25-4)15(21)10-18(16)26-5/h8-11,22H,6-7H2,1-5H3,(H,23,24). The molecule has 0 saturated carbocycles. The summed E-state index contributed by atoms with van der Waals surface area (Å²) < 4.78 is 10.5. The predicted octanol–water partition coefficient (Wildman–Crippen LogP) is 4.72. The highest BCUT2D eigenvalue weighted by molar-refractivity contribution is 6.32. The van der Waals surface area contributed by atoms with Gasteiger partial charge in [0.1, 0.15) is 11.5 Å². The van der Waals surface area contributed by atoms with Gasteiger partial charge in [-0.1, -0.05) is 29.3 Å². The lowest BCUT2D eigenvalue weighted by atomic mass is 10.1. The van der Waals surface area contributed by atoms with Crippen molar-refractivity contribution in [1.82, 2.24) is 0 Å². The van der Waals surface area contributed by atoms with E-state index in [1.165, 1.54) is 5.56 Å². The van der Waals surface area contributed by atoms with Crippen LogP contribution in [-0.2, 0) is 4.79 Å². The summed E-state index contributed by atoms with van der Waals surface area (Å²) in [6.07, 6.45) is 0.320. The summed E-state index contributed by atoms with van der Waals surface area (Å²) in [6, 6.07) is 7.56. The Labute approximate surface area is 159 Å². The van der Waals surface area contributed by atoms with Gasteiger partial charge >= 0.3 is 0 Å². The molecule has 0 fully saturated rings. The highest BCUT2D eigenvalue weighted by atomic mass is 35.5. The van der Waals surface area contributed by atoms with Gasteiger partial charge in [0.2, 0.25) is 5.91 Å². The number of anilines is 2. The van der Waals surface area contributed by atoms with Gasteiger partial charge in [0.15, 0.2) is 0 Å². The Hall–Kier alpha value is -2.40. The van der Waals surface area contributed by atoms with Gasteiger partial charge in [0.05, 0.1) is 24.9 Å². The van der Waals surface area contributed by atoms with E-state index in [1.54, 1.807) is 26.4 Å². The maximum absolute atomic E-state index is 12.3. The third-order valence-electron chi connectivity index (χ3n) is 4.08. The van der Waals surface area contributed by atoms with Crippen LogP contribution in [0.15, 0.2) is 24.3 Å². The van der Waals surface area contributed by atoms with Crippen molar-refractivity contribution >= 4 is 28.9 Å². The van der Waals surface area contributed by atoms with Crippen LogP contribution in [0.2, 0.25) is 5.02 Å². The molecule has 2 rings (SSSR count). The van der Waals surface area contributed by atoms with Gasteiger partial charge < -0.3 is 20.1 Å². The van der Waals surface area contributed by atoms with Crippen LogP contribution in [-0.4, -0.2) is 26.7 Å². The molecule has 0 bridgehead atoms. The molecule has 0 atom stereocenters. The number of nitrogens with one attached hydrogen (secondary N) is 2. The van der Waals surface area contributed by atoms with Crippen LogP contribution in [0.4, 0.5) is 11.4 Å². The van der Waals surface area contributed by atoms with Crippen molar-refractivity contribution in [2.75, 3.05) is 31.4 Å². The number of hydrogen-bond acceptors (Lipinski definition) is 4. The molecular weight excluding hydrogens is 352 g/mol. The van der Waals surface area contributed by atoms with Crippen LogP contribution in [0.25, 0.3) is 0 Å². The molecule has 140 valence electrons. The molecule has 0 aliphatic rings. The number of methoxy groups -OCH3 is 2. The van der Waals surface area contributed by atoms with E-state index in [1.807, 2.05) is 20.8 Å². The van der Waals surface area contributed by atoms with Crippen molar-refractivity contribution in [2.24, 2.45) is 0 Å². The van der Waals surface area contributed by atoms with E-state index in [4.69, 9.17) is 21.1 Å². The first-order chi connectivity index (χ1) is 12.3. The molecule has 2 aromatic rings. The zero-order valence-corrected chi connectivity index (χ0v) is 16.6. The van der Waals surface area contributed by atoms with Crippen molar-refractivity contribution in [1.29, 1.82) is 0 Å². The van der Waals surface area contributed by atoms with Gasteiger partial charge in [0, 0.05) is 30.8 Å². The van der Waals surface area contributed by atoms with E-state index in [-0.39, 0.29) is 5.91 Å². The van der Waals surface area contributed by atoms with Crippen LogP contribution in [0.1, 0.15) is 23.1 Å². The average molecular weight is 377 g/mol. The molecule has 0 saturated heterocycles. The van der Waals surface area contributed by atoms with E-state index in [2.05, 4.69) is 22.8 Å². The largest absolute Gasteiger partial charge is 0.495 e. The second-order valence-electron chi connectivity index (χ2n) is 6.19. The number of carbonyl (C=O) groups is 1. The Morgan fingerprint density at radius 2 is 1.62 bits per heavy atom. The number of benzene rings is 2. The molecule has 1 amide bonds. The second-order valence-corrected chi connectivity index (χ2v) is 6.59. The van der Waals surface area contributed by atoms with Crippen molar-refractivity contribution in [3.05, 3.63) is 46.0 Å². The Kier molecular flexibility index (Phi) is 6.75. The fourth-order valence-electron chi connectivity index (χ4n) is 2.89. The number of carbonyl (C=O) groups excluding carboxylic acids is 1. The molecule has 0 aliphatic carbocycles. The second kappa shape index (κ2) is 8.81. The summed E-state index contributed by atoms with van der Waals surface area (Å²) in [6.45, 7) is 6.50. The lowest BCUT2D eigenvalue weighted by molar-refractivity contribution is -0.116. The normalized spacial score (nSPS) is 10.4. The zero-order chi connectivity index (χ0) is 19.3. The third-order valence-corrected chi connectivity index (χ3v) is 4.38. The van der Waals surface area contributed by atoms with E-state index in [0.717, 1.165) is 22.5 Å². The van der Waals surface area contributed by atoms with Crippen LogP contribution in [0, 0.1) is 20.8 Å². The molecule has 2 N–H and O–H groups in total. The monoisotopic (exact) mass is 376 g/mol. The van der Waals surface area contributed by atoms with Crippen LogP contribution < -0.4 is 20.1 Å². The first-order valence-electron chi connectivity index (χ1n) is 8.38. The summed E-state index contributed by atoms with van der Waals surface area (Å²) >= 11 is 6.10. The van der Waals surface area contributed by atoms with Gasteiger partial charge in [0.25, 0.3) is 0 Å². The SMILES string of the molecule is COc1cc(NCCC(=O)Nc2c(C)cc(C)cc2C)c(OC)cc1Cl. The summed E-state index contributed by atoms with van der Waals surface area (Å²) in [5, 5.41) is 6.66. The number of rotatable bonds is 7. The summed E-state index contributed by atoms with van der Waals surface area (Å²) in [4.78, 5) is 12.3. The molecule has 0 radical (unpaired) electrons. The van der Waals surface area contributed by atoms with Gasteiger partial charge in [-0.3, -0.25) is 4.79 Å². The first-order valence-corrected chi connectivity index (χ1v) is 8.76. The van der Waals surface area contributed by atoms with Crippen molar-refractivity contribution < 1.29 is 14.3 Å². The van der Waals surface area contributed by atoms with E-state index in [9.17, 15) is 4.79 Å². The van der Waals surface area contributed by atoms with Gasteiger partial charge in [-0.15, -0.1) is 0 Å². The van der Waals surface area contributed by atoms with E-state index < -0.39 is 0 Å². The van der Waals surface area contributed by atoms with Gasteiger partial charge in [-0.05, 0) is 31.9 Å². The fourth-order valence-corrected chi connectivity index (χ4v) is 3.12. The van der Waals surface area contributed by atoms with Crippen LogP contribution in [0.5, 0.6) is 11.5 Å². The lowest BCUT2D eigenvalue weighted by Crippen LogP contribution is -2.17. The number of hydrogen-bond donors (Lipinski definition) is 2. The predicted molar refractivity (Wildman–Crippen MR) is 107 cm³/mol. The molecule has 0 aromatic heterocycles. The van der Waals surface area contributed by atoms with Gasteiger partial charge in [-0.25, -0.2) is 0 Å². The third kappa shape index (κ3) is 4.82. The molecule has 0 heterocycles. The minimum atomic E-state index is -0.0487. The summed E-state index contributed by atoms with van der Waals surface area (Å²) in [7, 11) is 3.12. The quantitative estimate of drug-likeness (QED) is 0.733. The summed E-state index contributed by atoms with van der Waals surface area (Å²) in [5.41, 5.74) is 4.92. The minimum Gasteiger partial charge on any atom is -0.495 e. The molecule has 0 aliphatic heterocycles. The molecule has 0 unspecified atom stereocenters. The molecule has 5 nitrogen and oxygen atoms in total. The minimum absolute atomic E-state index is 0.0487. The van der Waals surface area contributed by atoms with Crippen molar-refractivity contribution in [3.8, 4) is 11.5 Å². The number of aryl methyl sites for hydroxylation is 3. The highest BCUT2D eigenvalue weighted by Crippen LogP contribution is 2.35. The zero-order valence-electron chi connectivity index (χ0n) is 15.8. The van der Waals surface area contributed by atoms with E-state index >= 15 is 0 Å². The number of amides is 1. The Bertz CT molecular complexity index is 783. The van der Waals surface area contributed by atoms with Gasteiger partial charge in [-0.2, -0.15) is 0 Å². The van der Waals surface area contributed by atoms with Crippen molar-refractivity contribution in [3.63, 3.8) is 0 Å². The maximum Gasteiger partial charge on any atom is 0.226 e. The first kappa shape index (κ1) is 19.9. The van der Waals surface area contributed by atoms with E-state index in [0.29, 0.717) is 29.5 Å².